The summed E-state index contributed by atoms with van der Waals surface area (Å²) in [6, 6.07) is 0. The van der Waals surface area contributed by atoms with Crippen LogP contribution in [0.4, 0.5) is 0 Å². The highest BCUT2D eigenvalue weighted by Crippen LogP contribution is 2.06. The smallest absolute Gasteiger partial charge is 0.332 e. The molecule has 0 saturated carbocycles. The predicted octanol–water partition coefficient (Wildman–Crippen LogP) is 0.974. The number of hydrogen-bond donors (Lipinski definition) is 0. The molecule has 0 spiro atoms. The lowest BCUT2D eigenvalue weighted by molar-refractivity contribution is -0.160. The molecule has 9 nitrogen and oxygen atoms in total. The lowest BCUT2D eigenvalue weighted by Gasteiger charge is -2.19. The number of carbonyl (C=O) groups excluding carboxylic acids is 2. The second-order valence-electron chi connectivity index (χ2n) is 6.43. The van der Waals surface area contributed by atoms with Gasteiger partial charge in [-0.05, 0) is 20.8 Å². The highest BCUT2D eigenvalue weighted by Gasteiger charge is 2.15. The van der Waals surface area contributed by atoms with Gasteiger partial charge >= 0.3 is 11.9 Å². The molecule has 0 amide bonds. The van der Waals surface area contributed by atoms with Crippen LogP contribution >= 0.6 is 0 Å². The highest BCUT2D eigenvalue weighted by molar-refractivity contribution is 5.71. The molecule has 0 aliphatic carbocycles. The molecule has 0 bridgehead atoms. The van der Waals surface area contributed by atoms with E-state index in [1.54, 1.807) is 20.8 Å². The molecule has 0 N–H and O–H groups in total. The molecule has 0 unspecified atom stereocenters. The molecule has 0 aromatic carbocycles. The zero-order valence-electron chi connectivity index (χ0n) is 17.0. The average molecular weight is 394 g/mol. The van der Waals surface area contributed by atoms with Crippen LogP contribution in [0.3, 0.4) is 0 Å². The predicted molar refractivity (Wildman–Crippen MR) is 96.6 cm³/mol. The van der Waals surface area contributed by atoms with Crippen molar-refractivity contribution in [2.75, 3.05) is 72.7 Å². The summed E-state index contributed by atoms with van der Waals surface area (Å²) in [7, 11) is 0. The van der Waals surface area contributed by atoms with E-state index in [1.165, 1.54) is 6.92 Å². The second-order valence-corrected chi connectivity index (χ2v) is 6.43. The van der Waals surface area contributed by atoms with Gasteiger partial charge in [0.05, 0.1) is 59.5 Å². The minimum absolute atomic E-state index is 0.0814. The Morgan fingerprint density at radius 1 is 0.630 bits per heavy atom. The van der Waals surface area contributed by atoms with E-state index in [4.69, 9.17) is 33.2 Å². The molecule has 0 aliphatic rings. The maximum Gasteiger partial charge on any atom is 0.332 e. The summed E-state index contributed by atoms with van der Waals surface area (Å²) in [6.45, 7) is 10.7. The Morgan fingerprint density at radius 3 is 1.37 bits per heavy atom. The molecule has 27 heavy (non-hydrogen) atoms. The Kier molecular flexibility index (Phi) is 16.1. The first-order valence-electron chi connectivity index (χ1n) is 9.05. The van der Waals surface area contributed by atoms with Crippen LogP contribution in [-0.4, -0.2) is 90.2 Å². The van der Waals surface area contributed by atoms with Crippen molar-refractivity contribution >= 4 is 11.9 Å². The van der Waals surface area contributed by atoms with Crippen LogP contribution in [0.2, 0.25) is 0 Å². The van der Waals surface area contributed by atoms with Gasteiger partial charge in [-0.1, -0.05) is 0 Å². The van der Waals surface area contributed by atoms with Crippen molar-refractivity contribution in [3.05, 3.63) is 0 Å². The van der Waals surface area contributed by atoms with Gasteiger partial charge in [-0.25, -0.2) is 4.79 Å². The molecule has 160 valence electrons. The second kappa shape index (κ2) is 16.9. The van der Waals surface area contributed by atoms with Gasteiger partial charge in [0.2, 0.25) is 0 Å². The van der Waals surface area contributed by atoms with E-state index in [0.29, 0.717) is 59.5 Å². The van der Waals surface area contributed by atoms with E-state index >= 15 is 0 Å². The summed E-state index contributed by atoms with van der Waals surface area (Å²) in [6.07, 6.45) is 0. The first-order valence-corrected chi connectivity index (χ1v) is 9.05. The third-order valence-electron chi connectivity index (χ3n) is 2.66. The van der Waals surface area contributed by atoms with E-state index in [9.17, 15) is 9.59 Å². The third-order valence-corrected chi connectivity index (χ3v) is 2.66. The highest BCUT2D eigenvalue weighted by atomic mass is 16.6. The SMILES string of the molecule is CC(=O)OCCOCCOCCOCCOCCOCC(=O)OC(C)(C)C. The maximum absolute atomic E-state index is 11.4. The monoisotopic (exact) mass is 394 g/mol. The third kappa shape index (κ3) is 22.7. The Bertz CT molecular complexity index is 380. The molecule has 0 fully saturated rings. The van der Waals surface area contributed by atoms with Gasteiger partial charge in [-0.3, -0.25) is 4.79 Å². The van der Waals surface area contributed by atoms with Crippen LogP contribution < -0.4 is 0 Å². The summed E-state index contributed by atoms with van der Waals surface area (Å²) < 4.78 is 36.2. The maximum atomic E-state index is 11.4. The van der Waals surface area contributed by atoms with Crippen molar-refractivity contribution in [2.24, 2.45) is 0 Å². The van der Waals surface area contributed by atoms with Crippen LogP contribution in [0, 0.1) is 0 Å². The Labute approximate surface area is 161 Å². The lowest BCUT2D eigenvalue weighted by Crippen LogP contribution is -2.27. The normalized spacial score (nSPS) is 11.4. The van der Waals surface area contributed by atoms with Crippen molar-refractivity contribution < 1.29 is 42.7 Å². The summed E-state index contributed by atoms with van der Waals surface area (Å²) >= 11 is 0. The van der Waals surface area contributed by atoms with Gasteiger partial charge in [0, 0.05) is 6.92 Å². The molecule has 0 radical (unpaired) electrons. The molecule has 0 aromatic rings. The fourth-order valence-corrected chi connectivity index (χ4v) is 1.65. The van der Waals surface area contributed by atoms with Crippen LogP contribution in [0.5, 0.6) is 0 Å². The molecular weight excluding hydrogens is 360 g/mol. The van der Waals surface area contributed by atoms with Crippen molar-refractivity contribution in [3.8, 4) is 0 Å². The van der Waals surface area contributed by atoms with E-state index < -0.39 is 5.60 Å². The molecule has 0 aliphatic heterocycles. The summed E-state index contributed by atoms with van der Waals surface area (Å²) in [5.74, 6) is -0.704. The van der Waals surface area contributed by atoms with E-state index in [-0.39, 0.29) is 25.2 Å². The summed E-state index contributed by atoms with van der Waals surface area (Å²) in [5, 5.41) is 0. The quantitative estimate of drug-likeness (QED) is 0.264. The number of hydrogen-bond acceptors (Lipinski definition) is 9. The van der Waals surface area contributed by atoms with E-state index in [0.717, 1.165) is 0 Å². The Hall–Kier alpha value is -1.26. The van der Waals surface area contributed by atoms with Crippen molar-refractivity contribution in [1.82, 2.24) is 0 Å². The fraction of sp³-hybridized carbons (Fsp3) is 0.889. The number of esters is 2. The molecule has 0 aromatic heterocycles. The van der Waals surface area contributed by atoms with Gasteiger partial charge in [0.1, 0.15) is 18.8 Å². The zero-order chi connectivity index (χ0) is 20.4. The summed E-state index contributed by atoms with van der Waals surface area (Å²) in [5.41, 5.74) is -0.504. The molecular formula is C18H34O9. The van der Waals surface area contributed by atoms with Gasteiger partial charge in [0.25, 0.3) is 0 Å². The van der Waals surface area contributed by atoms with Crippen LogP contribution in [0.1, 0.15) is 27.7 Å². The number of ether oxygens (including phenoxy) is 7. The first kappa shape index (κ1) is 25.7. The first-order chi connectivity index (χ1) is 12.8. The molecule has 0 heterocycles. The van der Waals surface area contributed by atoms with Crippen LogP contribution in [0.25, 0.3) is 0 Å². The van der Waals surface area contributed by atoms with Gasteiger partial charge in [-0.15, -0.1) is 0 Å². The van der Waals surface area contributed by atoms with Crippen molar-refractivity contribution in [1.29, 1.82) is 0 Å². The van der Waals surface area contributed by atoms with Gasteiger partial charge in [0.15, 0.2) is 0 Å². The standard InChI is InChI=1S/C18H34O9/c1-16(19)26-14-13-24-10-9-22-6-5-21-7-8-23-11-12-25-15-17(20)27-18(2,3)4/h5-15H2,1-4H3. The summed E-state index contributed by atoms with van der Waals surface area (Å²) in [4.78, 5) is 21.9. The molecule has 0 rings (SSSR count). The topological polar surface area (TPSA) is 98.8 Å². The largest absolute Gasteiger partial charge is 0.463 e. The van der Waals surface area contributed by atoms with Gasteiger partial charge in [-0.2, -0.15) is 0 Å². The fourth-order valence-electron chi connectivity index (χ4n) is 1.65. The molecule has 9 heteroatoms. The van der Waals surface area contributed by atoms with E-state index in [2.05, 4.69) is 0 Å². The minimum Gasteiger partial charge on any atom is -0.463 e. The van der Waals surface area contributed by atoms with Crippen LogP contribution in [-0.2, 0) is 42.7 Å². The molecule has 0 saturated heterocycles. The van der Waals surface area contributed by atoms with Crippen molar-refractivity contribution in [2.45, 2.75) is 33.3 Å². The zero-order valence-corrected chi connectivity index (χ0v) is 17.0. The van der Waals surface area contributed by atoms with Crippen molar-refractivity contribution in [3.63, 3.8) is 0 Å². The minimum atomic E-state index is -0.504. The Balaban J connectivity index is 3.15. The lowest BCUT2D eigenvalue weighted by atomic mass is 10.2. The van der Waals surface area contributed by atoms with Crippen LogP contribution in [0.15, 0.2) is 0 Å². The Morgan fingerprint density at radius 2 is 1.00 bits per heavy atom. The number of carbonyl (C=O) groups is 2. The number of rotatable bonds is 17. The average Bonchev–Trinajstić information content (AvgIpc) is 2.55. The van der Waals surface area contributed by atoms with E-state index in [1.807, 2.05) is 0 Å². The molecule has 0 atom stereocenters. The van der Waals surface area contributed by atoms with Gasteiger partial charge < -0.3 is 33.2 Å².